The van der Waals surface area contributed by atoms with Gasteiger partial charge in [-0.05, 0) is 31.2 Å². The number of benzene rings is 1. The second-order valence-electron chi connectivity index (χ2n) is 5.96. The highest BCUT2D eigenvalue weighted by Gasteiger charge is 2.45. The van der Waals surface area contributed by atoms with Gasteiger partial charge in [-0.15, -0.1) is 0 Å². The van der Waals surface area contributed by atoms with E-state index in [2.05, 4.69) is 11.8 Å². The topological polar surface area (TPSA) is 32.8 Å². The van der Waals surface area contributed by atoms with Crippen molar-refractivity contribution >= 4 is 5.91 Å². The number of rotatable bonds is 2. The maximum Gasteiger partial charge on any atom is 0.254 e. The summed E-state index contributed by atoms with van der Waals surface area (Å²) < 4.78 is 31.9. The van der Waals surface area contributed by atoms with Gasteiger partial charge in [0.1, 0.15) is 0 Å². The van der Waals surface area contributed by atoms with Crippen LogP contribution in [0.5, 0.6) is 0 Å². The fourth-order valence-corrected chi connectivity index (χ4v) is 3.46. The molecular weight excluding hydrogens is 290 g/mol. The second-order valence-corrected chi connectivity index (χ2v) is 5.96. The van der Waals surface area contributed by atoms with Crippen molar-refractivity contribution in [2.45, 2.75) is 18.9 Å². The Bertz CT molecular complexity index is 573. The molecule has 1 unspecified atom stereocenters. The van der Waals surface area contributed by atoms with Crippen LogP contribution in [0, 0.1) is 11.6 Å². The molecule has 1 spiro atoms. The molecule has 22 heavy (non-hydrogen) atoms. The fourth-order valence-electron chi connectivity index (χ4n) is 3.46. The number of carbonyl (C=O) groups excluding carboxylic acids is 1. The van der Waals surface area contributed by atoms with Gasteiger partial charge in [0, 0.05) is 31.8 Å². The average Bonchev–Trinajstić information content (AvgIpc) is 2.98. The lowest BCUT2D eigenvalue weighted by Crippen LogP contribution is -2.63. The van der Waals surface area contributed by atoms with E-state index in [0.717, 1.165) is 31.6 Å². The first-order valence-corrected chi connectivity index (χ1v) is 7.63. The minimum atomic E-state index is -0.989. The Morgan fingerprint density at radius 3 is 2.77 bits per heavy atom. The van der Waals surface area contributed by atoms with E-state index in [-0.39, 0.29) is 17.0 Å². The predicted molar refractivity (Wildman–Crippen MR) is 77.7 cm³/mol. The number of hydrogen-bond donors (Lipinski definition) is 0. The molecule has 2 heterocycles. The van der Waals surface area contributed by atoms with Gasteiger partial charge in [0.05, 0.1) is 12.1 Å². The molecule has 0 radical (unpaired) electrons. The minimum Gasteiger partial charge on any atom is -0.379 e. The summed E-state index contributed by atoms with van der Waals surface area (Å²) in [7, 11) is 0. The predicted octanol–water partition coefficient (Wildman–Crippen LogP) is 1.90. The van der Waals surface area contributed by atoms with Gasteiger partial charge in [0.15, 0.2) is 11.6 Å². The Morgan fingerprint density at radius 2 is 2.14 bits per heavy atom. The van der Waals surface area contributed by atoms with Crippen LogP contribution in [-0.2, 0) is 4.74 Å². The van der Waals surface area contributed by atoms with Crippen LogP contribution in [0.4, 0.5) is 8.78 Å². The van der Waals surface area contributed by atoms with E-state index >= 15 is 0 Å². The maximum atomic E-state index is 13.3. The van der Waals surface area contributed by atoms with Crippen molar-refractivity contribution in [2.75, 3.05) is 39.4 Å². The lowest BCUT2D eigenvalue weighted by atomic mass is 9.92. The summed E-state index contributed by atoms with van der Waals surface area (Å²) in [5, 5.41) is 0. The molecule has 0 bridgehead atoms. The number of amides is 1. The molecule has 120 valence electrons. The fraction of sp³-hybridized carbons (Fsp3) is 0.562. The minimum absolute atomic E-state index is 0.138. The van der Waals surface area contributed by atoms with Crippen molar-refractivity contribution in [1.29, 1.82) is 0 Å². The summed E-state index contributed by atoms with van der Waals surface area (Å²) in [4.78, 5) is 16.7. The first-order valence-electron chi connectivity index (χ1n) is 7.63. The monoisotopic (exact) mass is 310 g/mol. The molecule has 2 fully saturated rings. The molecule has 4 nitrogen and oxygen atoms in total. The smallest absolute Gasteiger partial charge is 0.254 e. The molecule has 2 aliphatic heterocycles. The summed E-state index contributed by atoms with van der Waals surface area (Å²) in [6.45, 7) is 6.26. The molecular formula is C16H20F2N2O2. The van der Waals surface area contributed by atoms with E-state index < -0.39 is 11.6 Å². The summed E-state index contributed by atoms with van der Waals surface area (Å²) in [6, 6.07) is 3.31. The van der Waals surface area contributed by atoms with Gasteiger partial charge in [-0.3, -0.25) is 9.69 Å². The van der Waals surface area contributed by atoms with Crippen LogP contribution in [0.3, 0.4) is 0 Å². The van der Waals surface area contributed by atoms with E-state index in [1.54, 1.807) is 4.90 Å². The largest absolute Gasteiger partial charge is 0.379 e. The third-order valence-electron chi connectivity index (χ3n) is 4.71. The summed E-state index contributed by atoms with van der Waals surface area (Å²) in [5.74, 6) is -2.18. The summed E-state index contributed by atoms with van der Waals surface area (Å²) >= 11 is 0. The zero-order valence-electron chi connectivity index (χ0n) is 12.6. The van der Waals surface area contributed by atoms with Gasteiger partial charge in [-0.2, -0.15) is 0 Å². The third kappa shape index (κ3) is 2.61. The highest BCUT2D eigenvalue weighted by atomic mass is 19.2. The van der Waals surface area contributed by atoms with Crippen LogP contribution in [0.1, 0.15) is 23.7 Å². The van der Waals surface area contributed by atoms with Crippen molar-refractivity contribution in [3.8, 4) is 0 Å². The van der Waals surface area contributed by atoms with Crippen molar-refractivity contribution in [2.24, 2.45) is 0 Å². The van der Waals surface area contributed by atoms with Gasteiger partial charge in [0.25, 0.3) is 5.91 Å². The van der Waals surface area contributed by atoms with E-state index in [9.17, 15) is 13.6 Å². The second kappa shape index (κ2) is 5.93. The van der Waals surface area contributed by atoms with Crippen LogP contribution in [0.25, 0.3) is 0 Å². The SMILES string of the molecule is CCN1CCN(C(=O)c2ccc(F)c(F)c2)CC12CCOC2. The van der Waals surface area contributed by atoms with Crippen molar-refractivity contribution in [3.05, 3.63) is 35.4 Å². The number of carbonyl (C=O) groups is 1. The van der Waals surface area contributed by atoms with Crippen LogP contribution in [0.2, 0.25) is 0 Å². The number of ether oxygens (including phenoxy) is 1. The molecule has 1 aromatic rings. The molecule has 0 N–H and O–H groups in total. The number of halogens is 2. The summed E-state index contributed by atoms with van der Waals surface area (Å²) in [5.41, 5.74) is 0.0548. The molecule has 0 aliphatic carbocycles. The standard InChI is InChI=1S/C16H20F2N2O2/c1-2-20-7-6-19(10-16(20)5-8-22-11-16)15(21)12-3-4-13(17)14(18)9-12/h3-4,9H,2,5-8,10-11H2,1H3. The van der Waals surface area contributed by atoms with Crippen molar-refractivity contribution in [1.82, 2.24) is 9.80 Å². The molecule has 2 saturated heterocycles. The van der Waals surface area contributed by atoms with Gasteiger partial charge < -0.3 is 9.64 Å². The molecule has 6 heteroatoms. The van der Waals surface area contributed by atoms with Crippen LogP contribution < -0.4 is 0 Å². The Labute approximate surface area is 128 Å². The zero-order chi connectivity index (χ0) is 15.7. The Hall–Kier alpha value is -1.53. The molecule has 3 rings (SSSR count). The highest BCUT2D eigenvalue weighted by Crippen LogP contribution is 2.30. The number of hydrogen-bond acceptors (Lipinski definition) is 3. The zero-order valence-corrected chi connectivity index (χ0v) is 12.6. The van der Waals surface area contributed by atoms with Gasteiger partial charge in [0.2, 0.25) is 0 Å². The lowest BCUT2D eigenvalue weighted by molar-refractivity contribution is -0.00225. The Balaban J connectivity index is 1.80. The van der Waals surface area contributed by atoms with Crippen LogP contribution in [-0.4, -0.2) is 60.6 Å². The van der Waals surface area contributed by atoms with E-state index in [1.165, 1.54) is 6.07 Å². The highest BCUT2D eigenvalue weighted by molar-refractivity contribution is 5.94. The van der Waals surface area contributed by atoms with E-state index in [4.69, 9.17) is 4.74 Å². The average molecular weight is 310 g/mol. The normalized spacial score (nSPS) is 25.9. The molecule has 2 aliphatic rings. The van der Waals surface area contributed by atoms with E-state index in [1.807, 2.05) is 0 Å². The quantitative estimate of drug-likeness (QED) is 0.836. The summed E-state index contributed by atoms with van der Waals surface area (Å²) in [6.07, 6.45) is 0.891. The molecule has 0 aromatic heterocycles. The first-order chi connectivity index (χ1) is 10.6. The number of likely N-dealkylation sites (N-methyl/N-ethyl adjacent to an activating group) is 1. The van der Waals surface area contributed by atoms with Gasteiger partial charge in [-0.25, -0.2) is 8.78 Å². The van der Waals surface area contributed by atoms with Crippen LogP contribution >= 0.6 is 0 Å². The van der Waals surface area contributed by atoms with Crippen molar-refractivity contribution in [3.63, 3.8) is 0 Å². The number of piperazine rings is 1. The molecule has 1 aromatic carbocycles. The Morgan fingerprint density at radius 1 is 1.32 bits per heavy atom. The van der Waals surface area contributed by atoms with Crippen molar-refractivity contribution < 1.29 is 18.3 Å². The third-order valence-corrected chi connectivity index (χ3v) is 4.71. The maximum absolute atomic E-state index is 13.3. The van der Waals surface area contributed by atoms with Gasteiger partial charge >= 0.3 is 0 Å². The van der Waals surface area contributed by atoms with E-state index in [0.29, 0.717) is 26.3 Å². The molecule has 1 amide bonds. The molecule has 0 saturated carbocycles. The Kier molecular flexibility index (Phi) is 4.14. The lowest BCUT2D eigenvalue weighted by Gasteiger charge is -2.48. The van der Waals surface area contributed by atoms with Gasteiger partial charge in [-0.1, -0.05) is 6.92 Å². The number of nitrogens with zero attached hydrogens (tertiary/aromatic N) is 2. The first kappa shape index (κ1) is 15.4. The molecule has 1 atom stereocenters. The van der Waals surface area contributed by atoms with Crippen LogP contribution in [0.15, 0.2) is 18.2 Å².